The summed E-state index contributed by atoms with van der Waals surface area (Å²) in [6, 6.07) is 1.75. The van der Waals surface area contributed by atoms with Gasteiger partial charge in [-0.05, 0) is 18.9 Å². The van der Waals surface area contributed by atoms with Crippen LogP contribution in [-0.2, 0) is 9.53 Å². The molecule has 8 heteroatoms. The number of ether oxygens (including phenoxy) is 1. The van der Waals surface area contributed by atoms with E-state index in [2.05, 4.69) is 14.7 Å². The van der Waals surface area contributed by atoms with Gasteiger partial charge in [0.2, 0.25) is 11.9 Å². The summed E-state index contributed by atoms with van der Waals surface area (Å²) >= 11 is 0. The number of carbonyl (C=O) groups excluding carboxylic acids is 2. The number of piperazine rings is 1. The van der Waals surface area contributed by atoms with E-state index in [-0.39, 0.29) is 5.91 Å². The van der Waals surface area contributed by atoms with Crippen LogP contribution in [0.2, 0.25) is 0 Å². The molecule has 0 aliphatic carbocycles. The van der Waals surface area contributed by atoms with Gasteiger partial charge in [-0.2, -0.15) is 0 Å². The van der Waals surface area contributed by atoms with Crippen LogP contribution in [0.1, 0.15) is 12.8 Å². The topological polar surface area (TPSA) is 102 Å². The second-order valence-electron chi connectivity index (χ2n) is 4.73. The van der Waals surface area contributed by atoms with E-state index in [9.17, 15) is 9.59 Å². The normalized spacial score (nSPS) is 15.1. The molecule has 2 N–H and O–H groups in total. The molecule has 2 rings (SSSR count). The minimum atomic E-state index is -0.762. The minimum absolute atomic E-state index is 0.0597. The molecular weight excluding hydrogens is 274 g/mol. The highest BCUT2D eigenvalue weighted by molar-refractivity contribution is 5.82. The number of nitrogens with zero attached hydrogens (tertiary/aromatic N) is 4. The maximum Gasteiger partial charge on any atom is 0.404 e. The number of aromatic nitrogens is 2. The molecule has 0 unspecified atom stereocenters. The Morgan fingerprint density at radius 1 is 1.29 bits per heavy atom. The van der Waals surface area contributed by atoms with Gasteiger partial charge in [0.05, 0.1) is 13.2 Å². The second-order valence-corrected chi connectivity index (χ2v) is 4.73. The van der Waals surface area contributed by atoms with Crippen molar-refractivity contribution in [2.75, 3.05) is 37.7 Å². The number of nitrogens with two attached hydrogens (primary N) is 1. The Kier molecular flexibility index (Phi) is 5.30. The molecule has 0 atom stereocenters. The largest absolute Gasteiger partial charge is 0.450 e. The molecule has 0 aromatic carbocycles. The zero-order valence-corrected chi connectivity index (χ0v) is 11.8. The highest BCUT2D eigenvalue weighted by Gasteiger charge is 2.24. The highest BCUT2D eigenvalue weighted by Crippen LogP contribution is 2.11. The van der Waals surface area contributed by atoms with E-state index in [4.69, 9.17) is 5.73 Å². The smallest absolute Gasteiger partial charge is 0.404 e. The lowest BCUT2D eigenvalue weighted by atomic mass is 10.2. The van der Waals surface area contributed by atoms with Gasteiger partial charge >= 0.3 is 6.09 Å². The molecule has 1 fully saturated rings. The van der Waals surface area contributed by atoms with E-state index >= 15 is 0 Å². The summed E-state index contributed by atoms with van der Waals surface area (Å²) in [5.41, 5.74) is 4.87. The molecule has 0 bridgehead atoms. The lowest BCUT2D eigenvalue weighted by Gasteiger charge is -2.34. The molecule has 2 heterocycles. The Balaban J connectivity index is 1.72. The Morgan fingerprint density at radius 3 is 2.71 bits per heavy atom. The third kappa shape index (κ3) is 4.59. The predicted molar refractivity (Wildman–Crippen MR) is 75.6 cm³/mol. The molecule has 1 saturated heterocycles. The van der Waals surface area contributed by atoms with Crippen molar-refractivity contribution < 1.29 is 14.3 Å². The van der Waals surface area contributed by atoms with Gasteiger partial charge in [-0.15, -0.1) is 0 Å². The molecular formula is C13H19N5O3. The van der Waals surface area contributed by atoms with Crippen LogP contribution < -0.4 is 10.6 Å². The van der Waals surface area contributed by atoms with Crippen LogP contribution in [-0.4, -0.2) is 59.7 Å². The van der Waals surface area contributed by atoms with E-state index in [0.717, 1.165) is 6.42 Å². The fourth-order valence-electron chi connectivity index (χ4n) is 2.15. The molecule has 0 spiro atoms. The monoisotopic (exact) mass is 293 g/mol. The molecule has 21 heavy (non-hydrogen) atoms. The number of rotatable bonds is 6. The first kappa shape index (κ1) is 15.0. The maximum absolute atomic E-state index is 12.1. The summed E-state index contributed by atoms with van der Waals surface area (Å²) in [4.78, 5) is 34.5. The van der Waals surface area contributed by atoms with Gasteiger partial charge in [0.1, 0.15) is 0 Å². The Labute approximate surface area is 122 Å². The quantitative estimate of drug-likeness (QED) is 0.741. The van der Waals surface area contributed by atoms with Gasteiger partial charge in [0, 0.05) is 32.0 Å². The van der Waals surface area contributed by atoms with Crippen molar-refractivity contribution in [2.45, 2.75) is 12.8 Å². The van der Waals surface area contributed by atoms with Crippen LogP contribution in [0, 0.1) is 0 Å². The van der Waals surface area contributed by atoms with E-state index in [0.29, 0.717) is 45.2 Å². The third-order valence-corrected chi connectivity index (χ3v) is 3.22. The van der Waals surface area contributed by atoms with Gasteiger partial charge in [0.25, 0.3) is 0 Å². The first-order valence-electron chi connectivity index (χ1n) is 6.89. The van der Waals surface area contributed by atoms with Crippen molar-refractivity contribution in [3.05, 3.63) is 18.5 Å². The van der Waals surface area contributed by atoms with Gasteiger partial charge in [0.15, 0.2) is 0 Å². The van der Waals surface area contributed by atoms with Crippen LogP contribution in [0.5, 0.6) is 0 Å². The lowest BCUT2D eigenvalue weighted by molar-refractivity contribution is -0.131. The summed E-state index contributed by atoms with van der Waals surface area (Å²) in [5, 5.41) is 0. The summed E-state index contributed by atoms with van der Waals surface area (Å²) in [6.07, 6.45) is 4.04. The number of primary amides is 1. The van der Waals surface area contributed by atoms with Crippen LogP contribution in [0.25, 0.3) is 0 Å². The molecule has 1 aromatic heterocycles. The Morgan fingerprint density at radius 2 is 2.05 bits per heavy atom. The Bertz CT molecular complexity index is 482. The maximum atomic E-state index is 12.1. The zero-order valence-electron chi connectivity index (χ0n) is 11.8. The molecule has 0 saturated carbocycles. The van der Waals surface area contributed by atoms with Crippen molar-refractivity contribution >= 4 is 17.9 Å². The predicted octanol–water partition coefficient (Wildman–Crippen LogP) is 0.000700. The van der Waals surface area contributed by atoms with Crippen molar-refractivity contribution in [1.82, 2.24) is 14.9 Å². The van der Waals surface area contributed by atoms with E-state index in [1.165, 1.54) is 0 Å². The number of hydrogen-bond acceptors (Lipinski definition) is 6. The number of anilines is 1. The minimum Gasteiger partial charge on any atom is -0.450 e. The van der Waals surface area contributed by atoms with Crippen LogP contribution in [0.4, 0.5) is 10.7 Å². The Hall–Kier alpha value is -2.38. The van der Waals surface area contributed by atoms with Gasteiger partial charge in [-0.25, -0.2) is 14.8 Å². The second kappa shape index (κ2) is 7.41. The van der Waals surface area contributed by atoms with E-state index in [1.807, 2.05) is 9.80 Å². The SMILES string of the molecule is NC(=O)OCCCCN1CCN(c2ncccn2)CC1=O. The number of carbonyl (C=O) groups is 2. The number of amides is 2. The fraction of sp³-hybridized carbons (Fsp3) is 0.538. The third-order valence-electron chi connectivity index (χ3n) is 3.22. The fourth-order valence-corrected chi connectivity index (χ4v) is 2.15. The molecule has 1 aromatic rings. The summed E-state index contributed by atoms with van der Waals surface area (Å²) in [7, 11) is 0. The first-order chi connectivity index (χ1) is 10.2. The van der Waals surface area contributed by atoms with Crippen LogP contribution in [0.3, 0.4) is 0 Å². The van der Waals surface area contributed by atoms with E-state index in [1.54, 1.807) is 18.5 Å². The zero-order chi connectivity index (χ0) is 15.1. The summed E-state index contributed by atoms with van der Waals surface area (Å²) in [6.45, 7) is 2.61. The van der Waals surface area contributed by atoms with Crippen LogP contribution in [0.15, 0.2) is 18.5 Å². The molecule has 0 radical (unpaired) electrons. The molecule has 1 aliphatic heterocycles. The molecule has 2 amide bonds. The standard InChI is InChI=1S/C13H19N5O3/c14-12(20)21-9-2-1-6-17-7-8-18(10-11(17)19)13-15-4-3-5-16-13/h3-5H,1-2,6-10H2,(H2,14,20). The molecule has 114 valence electrons. The lowest BCUT2D eigenvalue weighted by Crippen LogP contribution is -2.51. The summed E-state index contributed by atoms with van der Waals surface area (Å²) in [5.74, 6) is 0.643. The van der Waals surface area contributed by atoms with Crippen molar-refractivity contribution in [3.63, 3.8) is 0 Å². The van der Waals surface area contributed by atoms with Crippen molar-refractivity contribution in [3.8, 4) is 0 Å². The van der Waals surface area contributed by atoms with E-state index < -0.39 is 6.09 Å². The number of unbranched alkanes of at least 4 members (excludes halogenated alkanes) is 1. The average molecular weight is 293 g/mol. The molecule has 1 aliphatic rings. The van der Waals surface area contributed by atoms with Gasteiger partial charge in [-0.1, -0.05) is 0 Å². The molecule has 8 nitrogen and oxygen atoms in total. The highest BCUT2D eigenvalue weighted by atomic mass is 16.5. The average Bonchev–Trinajstić information content (AvgIpc) is 2.49. The number of hydrogen-bond donors (Lipinski definition) is 1. The van der Waals surface area contributed by atoms with Crippen molar-refractivity contribution in [2.24, 2.45) is 5.73 Å². The van der Waals surface area contributed by atoms with Crippen LogP contribution >= 0.6 is 0 Å². The van der Waals surface area contributed by atoms with Gasteiger partial charge < -0.3 is 20.3 Å². The summed E-state index contributed by atoms with van der Waals surface area (Å²) < 4.78 is 4.64. The first-order valence-corrected chi connectivity index (χ1v) is 6.89. The van der Waals surface area contributed by atoms with Gasteiger partial charge in [-0.3, -0.25) is 4.79 Å². The van der Waals surface area contributed by atoms with Crippen molar-refractivity contribution in [1.29, 1.82) is 0 Å².